The summed E-state index contributed by atoms with van der Waals surface area (Å²) in [7, 11) is 0. The third kappa shape index (κ3) is 4.01. The molecular formula is C11H17NO2S. The highest BCUT2D eigenvalue weighted by atomic mass is 32.1. The molecule has 15 heavy (non-hydrogen) atoms. The van der Waals surface area contributed by atoms with Gasteiger partial charge in [-0.3, -0.25) is 4.79 Å². The molecule has 3 N–H and O–H groups in total. The Bertz CT molecular complexity index is 322. The van der Waals surface area contributed by atoms with Crippen LogP contribution in [0.4, 0.5) is 0 Å². The van der Waals surface area contributed by atoms with Crippen molar-refractivity contribution in [2.45, 2.75) is 38.6 Å². The van der Waals surface area contributed by atoms with Crippen molar-refractivity contribution >= 4 is 17.3 Å². The average molecular weight is 227 g/mol. The topological polar surface area (TPSA) is 63.3 Å². The molecule has 4 heteroatoms. The highest BCUT2D eigenvalue weighted by Gasteiger charge is 2.13. The summed E-state index contributed by atoms with van der Waals surface area (Å²) in [6.07, 6.45) is 3.89. The number of carboxylic acids is 1. The number of thiophene rings is 1. The molecule has 3 nitrogen and oxygen atoms in total. The van der Waals surface area contributed by atoms with Crippen molar-refractivity contribution in [1.29, 1.82) is 0 Å². The molecule has 0 saturated carbocycles. The molecule has 0 aliphatic carbocycles. The number of carboxylic acid groups (broad SMARTS) is 1. The molecule has 1 heterocycles. The monoisotopic (exact) mass is 227 g/mol. The zero-order chi connectivity index (χ0) is 11.3. The van der Waals surface area contributed by atoms with Crippen molar-refractivity contribution in [1.82, 2.24) is 0 Å². The van der Waals surface area contributed by atoms with Gasteiger partial charge < -0.3 is 10.8 Å². The molecule has 0 radical (unpaired) electrons. The van der Waals surface area contributed by atoms with E-state index in [0.717, 1.165) is 11.3 Å². The first-order valence-electron chi connectivity index (χ1n) is 5.19. The van der Waals surface area contributed by atoms with Gasteiger partial charge in [-0.25, -0.2) is 0 Å². The summed E-state index contributed by atoms with van der Waals surface area (Å²) in [5, 5.41) is 8.67. The fourth-order valence-corrected chi connectivity index (χ4v) is 2.44. The van der Waals surface area contributed by atoms with E-state index in [0.29, 0.717) is 6.42 Å². The standard InChI is InChI=1S/C11H17NO2S/c1-2-3-4-8-5-6-9(15-8)7-10(12)11(13)14/h5-6,10H,2-4,7,12H2,1H3,(H,13,14). The third-order valence-corrected chi connectivity index (χ3v) is 3.40. The van der Waals surface area contributed by atoms with E-state index in [4.69, 9.17) is 10.8 Å². The van der Waals surface area contributed by atoms with Gasteiger partial charge in [-0.15, -0.1) is 11.3 Å². The summed E-state index contributed by atoms with van der Waals surface area (Å²) >= 11 is 1.68. The molecule has 1 unspecified atom stereocenters. The second kappa shape index (κ2) is 5.88. The van der Waals surface area contributed by atoms with Crippen molar-refractivity contribution in [3.05, 3.63) is 21.9 Å². The van der Waals surface area contributed by atoms with Crippen molar-refractivity contribution in [3.8, 4) is 0 Å². The maximum absolute atomic E-state index is 10.6. The van der Waals surface area contributed by atoms with Gasteiger partial charge in [-0.05, 0) is 25.0 Å². The van der Waals surface area contributed by atoms with Crippen LogP contribution in [0.2, 0.25) is 0 Å². The predicted octanol–water partition coefficient (Wildman–Crippen LogP) is 2.05. The fourth-order valence-electron chi connectivity index (χ4n) is 1.32. The quantitative estimate of drug-likeness (QED) is 0.781. The summed E-state index contributed by atoms with van der Waals surface area (Å²) in [4.78, 5) is 13.0. The minimum Gasteiger partial charge on any atom is -0.480 e. The Morgan fingerprint density at radius 1 is 1.53 bits per heavy atom. The smallest absolute Gasteiger partial charge is 0.320 e. The summed E-state index contributed by atoms with van der Waals surface area (Å²) in [5.41, 5.74) is 5.47. The average Bonchev–Trinajstić information content (AvgIpc) is 2.62. The van der Waals surface area contributed by atoms with Gasteiger partial charge in [0.2, 0.25) is 0 Å². The van der Waals surface area contributed by atoms with Gasteiger partial charge in [0.05, 0.1) is 0 Å². The lowest BCUT2D eigenvalue weighted by molar-refractivity contribution is -0.138. The Morgan fingerprint density at radius 3 is 2.80 bits per heavy atom. The molecular weight excluding hydrogens is 210 g/mol. The zero-order valence-electron chi connectivity index (χ0n) is 8.90. The van der Waals surface area contributed by atoms with E-state index in [-0.39, 0.29) is 0 Å². The van der Waals surface area contributed by atoms with Crippen molar-refractivity contribution in [2.24, 2.45) is 5.73 Å². The van der Waals surface area contributed by atoms with Crippen molar-refractivity contribution in [3.63, 3.8) is 0 Å². The number of rotatable bonds is 6. The van der Waals surface area contributed by atoms with Crippen LogP contribution >= 0.6 is 11.3 Å². The number of unbranched alkanes of at least 4 members (excludes halogenated alkanes) is 1. The van der Waals surface area contributed by atoms with E-state index in [1.165, 1.54) is 17.7 Å². The minimum absolute atomic E-state index is 0.437. The van der Waals surface area contributed by atoms with E-state index in [2.05, 4.69) is 13.0 Å². The van der Waals surface area contributed by atoms with Crippen LogP contribution in [0.1, 0.15) is 29.5 Å². The summed E-state index contributed by atoms with van der Waals surface area (Å²) in [6.45, 7) is 2.16. The number of hydrogen-bond acceptors (Lipinski definition) is 3. The summed E-state index contributed by atoms with van der Waals surface area (Å²) in [6, 6.07) is 3.28. The van der Waals surface area contributed by atoms with Gasteiger partial charge in [0.25, 0.3) is 0 Å². The van der Waals surface area contributed by atoms with Crippen LogP contribution in [-0.4, -0.2) is 17.1 Å². The second-order valence-corrected chi connectivity index (χ2v) is 4.87. The Morgan fingerprint density at radius 2 is 2.20 bits per heavy atom. The van der Waals surface area contributed by atoms with E-state index in [1.54, 1.807) is 11.3 Å². The molecule has 84 valence electrons. The third-order valence-electron chi connectivity index (χ3n) is 2.23. The lowest BCUT2D eigenvalue weighted by Crippen LogP contribution is -2.31. The Hall–Kier alpha value is -0.870. The van der Waals surface area contributed by atoms with E-state index >= 15 is 0 Å². The largest absolute Gasteiger partial charge is 0.480 e. The van der Waals surface area contributed by atoms with Gasteiger partial charge in [-0.2, -0.15) is 0 Å². The molecule has 0 aliphatic heterocycles. The predicted molar refractivity (Wildman–Crippen MR) is 62.2 cm³/mol. The highest BCUT2D eigenvalue weighted by molar-refractivity contribution is 7.12. The van der Waals surface area contributed by atoms with Gasteiger partial charge in [0.1, 0.15) is 6.04 Å². The SMILES string of the molecule is CCCCc1ccc(CC(N)C(=O)O)s1. The molecule has 0 fully saturated rings. The molecule has 1 rings (SSSR count). The Balaban J connectivity index is 2.49. The van der Waals surface area contributed by atoms with Crippen LogP contribution in [0.25, 0.3) is 0 Å². The van der Waals surface area contributed by atoms with Crippen LogP contribution in [-0.2, 0) is 17.6 Å². The molecule has 1 aromatic rings. The Labute approximate surface area is 93.9 Å². The fraction of sp³-hybridized carbons (Fsp3) is 0.545. The highest BCUT2D eigenvalue weighted by Crippen LogP contribution is 2.19. The van der Waals surface area contributed by atoms with Crippen LogP contribution < -0.4 is 5.73 Å². The first kappa shape index (κ1) is 12.2. The minimum atomic E-state index is -0.932. The normalized spacial score (nSPS) is 12.7. The second-order valence-electron chi connectivity index (χ2n) is 3.62. The number of aryl methyl sites for hydroxylation is 1. The number of aliphatic carboxylic acids is 1. The molecule has 1 atom stereocenters. The first-order valence-corrected chi connectivity index (χ1v) is 6.01. The number of carbonyl (C=O) groups is 1. The Kier molecular flexibility index (Phi) is 4.78. The van der Waals surface area contributed by atoms with E-state index < -0.39 is 12.0 Å². The van der Waals surface area contributed by atoms with Crippen LogP contribution in [0, 0.1) is 0 Å². The van der Waals surface area contributed by atoms with Crippen LogP contribution in [0.3, 0.4) is 0 Å². The molecule has 0 aromatic carbocycles. The van der Waals surface area contributed by atoms with Gasteiger partial charge in [0, 0.05) is 16.2 Å². The van der Waals surface area contributed by atoms with Gasteiger partial charge in [0.15, 0.2) is 0 Å². The molecule has 0 spiro atoms. The lowest BCUT2D eigenvalue weighted by atomic mass is 10.2. The van der Waals surface area contributed by atoms with Crippen molar-refractivity contribution in [2.75, 3.05) is 0 Å². The summed E-state index contributed by atoms with van der Waals surface area (Å²) in [5.74, 6) is -0.932. The lowest BCUT2D eigenvalue weighted by Gasteiger charge is -2.02. The van der Waals surface area contributed by atoms with E-state index in [9.17, 15) is 4.79 Å². The summed E-state index contributed by atoms with van der Waals surface area (Å²) < 4.78 is 0. The van der Waals surface area contributed by atoms with Crippen molar-refractivity contribution < 1.29 is 9.90 Å². The van der Waals surface area contributed by atoms with Crippen LogP contribution in [0.5, 0.6) is 0 Å². The molecule has 0 amide bonds. The van der Waals surface area contributed by atoms with Crippen LogP contribution in [0.15, 0.2) is 12.1 Å². The molecule has 1 aromatic heterocycles. The molecule has 0 saturated heterocycles. The zero-order valence-corrected chi connectivity index (χ0v) is 9.72. The number of hydrogen-bond donors (Lipinski definition) is 2. The van der Waals surface area contributed by atoms with Gasteiger partial charge in [-0.1, -0.05) is 13.3 Å². The first-order chi connectivity index (χ1) is 7.13. The number of nitrogens with two attached hydrogens (primary N) is 1. The maximum atomic E-state index is 10.6. The molecule has 0 bridgehead atoms. The van der Waals surface area contributed by atoms with E-state index in [1.807, 2.05) is 6.07 Å². The van der Waals surface area contributed by atoms with Gasteiger partial charge >= 0.3 is 5.97 Å². The maximum Gasteiger partial charge on any atom is 0.320 e. The molecule has 0 aliphatic rings.